The van der Waals surface area contributed by atoms with Crippen LogP contribution in [0.3, 0.4) is 0 Å². The predicted octanol–water partition coefficient (Wildman–Crippen LogP) is 1.90. The second-order valence-corrected chi connectivity index (χ2v) is 5.31. The number of fused-ring (bicyclic) bond motifs is 1. The van der Waals surface area contributed by atoms with Crippen molar-refractivity contribution < 1.29 is 9.90 Å². The molecule has 6 heteroatoms. The first kappa shape index (κ1) is 12.9. The van der Waals surface area contributed by atoms with Crippen LogP contribution < -0.4 is 4.90 Å². The summed E-state index contributed by atoms with van der Waals surface area (Å²) >= 11 is 0. The van der Waals surface area contributed by atoms with Crippen LogP contribution in [0.5, 0.6) is 0 Å². The first-order valence-corrected chi connectivity index (χ1v) is 6.90. The number of hydrogen-bond acceptors (Lipinski definition) is 4. The molecular weight excluding hydrogens is 256 g/mol. The van der Waals surface area contributed by atoms with E-state index in [-0.39, 0.29) is 5.56 Å². The average molecular weight is 274 g/mol. The normalized spacial score (nSPS) is 14.7. The predicted molar refractivity (Wildman–Crippen MR) is 76.1 cm³/mol. The SMILES string of the molecule is CCN(CC1CC1)c1c(C(=O)O)cnc2c1cnn2C. The lowest BCUT2D eigenvalue weighted by Gasteiger charge is -2.25. The van der Waals surface area contributed by atoms with Crippen LogP contribution in [0.25, 0.3) is 11.0 Å². The van der Waals surface area contributed by atoms with Gasteiger partial charge in [-0.05, 0) is 25.7 Å². The van der Waals surface area contributed by atoms with Crippen LogP contribution in [0.15, 0.2) is 12.4 Å². The van der Waals surface area contributed by atoms with Crippen LogP contribution >= 0.6 is 0 Å². The number of rotatable bonds is 5. The zero-order chi connectivity index (χ0) is 14.3. The third kappa shape index (κ3) is 2.11. The number of nitrogens with zero attached hydrogens (tertiary/aromatic N) is 4. The van der Waals surface area contributed by atoms with E-state index < -0.39 is 5.97 Å². The van der Waals surface area contributed by atoms with Gasteiger partial charge in [0.1, 0.15) is 5.56 Å². The Morgan fingerprint density at radius 3 is 2.85 bits per heavy atom. The minimum atomic E-state index is -0.937. The fourth-order valence-corrected chi connectivity index (χ4v) is 2.57. The molecule has 2 aromatic heterocycles. The molecule has 1 fully saturated rings. The Morgan fingerprint density at radius 1 is 1.50 bits per heavy atom. The number of carboxylic acid groups (broad SMARTS) is 1. The second kappa shape index (κ2) is 4.77. The summed E-state index contributed by atoms with van der Waals surface area (Å²) in [7, 11) is 1.82. The molecule has 0 radical (unpaired) electrons. The molecule has 106 valence electrons. The molecule has 1 N–H and O–H groups in total. The molecule has 1 aliphatic rings. The summed E-state index contributed by atoms with van der Waals surface area (Å²) in [4.78, 5) is 17.9. The summed E-state index contributed by atoms with van der Waals surface area (Å²) in [5.74, 6) is -0.246. The number of aryl methyl sites for hydroxylation is 1. The molecule has 0 spiro atoms. The van der Waals surface area contributed by atoms with E-state index in [2.05, 4.69) is 21.9 Å². The highest BCUT2D eigenvalue weighted by atomic mass is 16.4. The second-order valence-electron chi connectivity index (χ2n) is 5.31. The van der Waals surface area contributed by atoms with Crippen molar-refractivity contribution in [1.82, 2.24) is 14.8 Å². The minimum Gasteiger partial charge on any atom is -0.478 e. The largest absolute Gasteiger partial charge is 0.478 e. The van der Waals surface area contributed by atoms with Crippen LogP contribution in [0.1, 0.15) is 30.1 Å². The third-order valence-electron chi connectivity index (χ3n) is 3.84. The number of aromatic carboxylic acids is 1. The van der Waals surface area contributed by atoms with Gasteiger partial charge in [-0.3, -0.25) is 4.68 Å². The maximum atomic E-state index is 11.5. The van der Waals surface area contributed by atoms with E-state index in [1.54, 1.807) is 10.9 Å². The van der Waals surface area contributed by atoms with Gasteiger partial charge in [0, 0.05) is 26.3 Å². The Morgan fingerprint density at radius 2 is 2.25 bits per heavy atom. The molecule has 0 amide bonds. The van der Waals surface area contributed by atoms with E-state index in [9.17, 15) is 9.90 Å². The zero-order valence-electron chi connectivity index (χ0n) is 11.7. The summed E-state index contributed by atoms with van der Waals surface area (Å²) < 4.78 is 1.68. The molecule has 0 aliphatic heterocycles. The number of carboxylic acids is 1. The van der Waals surface area contributed by atoms with Gasteiger partial charge < -0.3 is 10.0 Å². The Hall–Kier alpha value is -2.11. The lowest BCUT2D eigenvalue weighted by Crippen LogP contribution is -2.27. The quantitative estimate of drug-likeness (QED) is 0.901. The number of pyridine rings is 1. The molecule has 0 saturated heterocycles. The zero-order valence-corrected chi connectivity index (χ0v) is 11.7. The van der Waals surface area contributed by atoms with E-state index >= 15 is 0 Å². The molecule has 20 heavy (non-hydrogen) atoms. The van der Waals surface area contributed by atoms with E-state index in [0.29, 0.717) is 5.92 Å². The van der Waals surface area contributed by atoms with Crippen molar-refractivity contribution in [2.45, 2.75) is 19.8 Å². The van der Waals surface area contributed by atoms with Crippen molar-refractivity contribution in [2.24, 2.45) is 13.0 Å². The summed E-state index contributed by atoms with van der Waals surface area (Å²) in [5, 5.41) is 14.4. The first-order valence-electron chi connectivity index (χ1n) is 6.90. The van der Waals surface area contributed by atoms with Gasteiger partial charge in [0.05, 0.1) is 17.3 Å². The molecule has 1 aliphatic carbocycles. The number of anilines is 1. The van der Waals surface area contributed by atoms with Crippen LogP contribution in [-0.4, -0.2) is 38.9 Å². The van der Waals surface area contributed by atoms with Gasteiger partial charge in [-0.1, -0.05) is 0 Å². The van der Waals surface area contributed by atoms with Crippen molar-refractivity contribution in [3.63, 3.8) is 0 Å². The van der Waals surface area contributed by atoms with Gasteiger partial charge in [0.15, 0.2) is 5.65 Å². The van der Waals surface area contributed by atoms with E-state index in [1.807, 2.05) is 7.05 Å². The number of carbonyl (C=O) groups is 1. The first-order chi connectivity index (χ1) is 9.61. The van der Waals surface area contributed by atoms with Crippen LogP contribution in [-0.2, 0) is 7.05 Å². The molecule has 2 heterocycles. The standard InChI is InChI=1S/C14H18N4O2/c1-3-18(8-9-4-5-9)12-10-7-16-17(2)13(10)15-6-11(12)14(19)20/h6-7,9H,3-5,8H2,1-2H3,(H,19,20). The van der Waals surface area contributed by atoms with E-state index in [0.717, 1.165) is 29.8 Å². The highest BCUT2D eigenvalue weighted by Crippen LogP contribution is 2.35. The Bertz CT molecular complexity index is 660. The lowest BCUT2D eigenvalue weighted by atomic mass is 10.1. The van der Waals surface area contributed by atoms with Crippen molar-refractivity contribution in [3.05, 3.63) is 18.0 Å². The van der Waals surface area contributed by atoms with Gasteiger partial charge >= 0.3 is 5.97 Å². The summed E-state index contributed by atoms with van der Waals surface area (Å²) in [6, 6.07) is 0. The summed E-state index contributed by atoms with van der Waals surface area (Å²) in [6.45, 7) is 3.74. The maximum absolute atomic E-state index is 11.5. The molecule has 2 aromatic rings. The lowest BCUT2D eigenvalue weighted by molar-refractivity contribution is 0.0697. The summed E-state index contributed by atoms with van der Waals surface area (Å²) in [6.07, 6.45) is 5.62. The number of aromatic nitrogens is 3. The molecule has 0 aromatic carbocycles. The van der Waals surface area contributed by atoms with Gasteiger partial charge in [0.25, 0.3) is 0 Å². The van der Waals surface area contributed by atoms with Crippen molar-refractivity contribution >= 4 is 22.7 Å². The van der Waals surface area contributed by atoms with Crippen LogP contribution in [0, 0.1) is 5.92 Å². The average Bonchev–Trinajstić information content (AvgIpc) is 3.18. The molecule has 1 saturated carbocycles. The molecule has 0 unspecified atom stereocenters. The van der Waals surface area contributed by atoms with Gasteiger partial charge in [-0.25, -0.2) is 9.78 Å². The molecule has 3 rings (SSSR count). The van der Waals surface area contributed by atoms with Crippen molar-refractivity contribution in [1.29, 1.82) is 0 Å². The fourth-order valence-electron chi connectivity index (χ4n) is 2.57. The Labute approximate surface area is 117 Å². The van der Waals surface area contributed by atoms with E-state index in [4.69, 9.17) is 0 Å². The molecule has 6 nitrogen and oxygen atoms in total. The van der Waals surface area contributed by atoms with Gasteiger partial charge in [0.2, 0.25) is 0 Å². The molecule has 0 atom stereocenters. The smallest absolute Gasteiger partial charge is 0.339 e. The monoisotopic (exact) mass is 274 g/mol. The number of hydrogen-bond donors (Lipinski definition) is 1. The van der Waals surface area contributed by atoms with Crippen molar-refractivity contribution in [3.8, 4) is 0 Å². The molecular formula is C14H18N4O2. The molecule has 0 bridgehead atoms. The van der Waals surface area contributed by atoms with Crippen molar-refractivity contribution in [2.75, 3.05) is 18.0 Å². The Balaban J connectivity index is 2.17. The van der Waals surface area contributed by atoms with Crippen LogP contribution in [0.4, 0.5) is 5.69 Å². The van der Waals surface area contributed by atoms with Gasteiger partial charge in [-0.15, -0.1) is 0 Å². The Kier molecular flexibility index (Phi) is 3.08. The summed E-state index contributed by atoms with van der Waals surface area (Å²) in [5.41, 5.74) is 1.73. The highest BCUT2D eigenvalue weighted by Gasteiger charge is 2.27. The minimum absolute atomic E-state index is 0.257. The maximum Gasteiger partial charge on any atom is 0.339 e. The van der Waals surface area contributed by atoms with E-state index in [1.165, 1.54) is 19.0 Å². The van der Waals surface area contributed by atoms with Gasteiger partial charge in [-0.2, -0.15) is 5.10 Å². The van der Waals surface area contributed by atoms with Crippen LogP contribution in [0.2, 0.25) is 0 Å². The third-order valence-corrected chi connectivity index (χ3v) is 3.84. The highest BCUT2D eigenvalue weighted by molar-refractivity contribution is 6.03. The fraction of sp³-hybridized carbons (Fsp3) is 0.500. The topological polar surface area (TPSA) is 71.2 Å².